The Balaban J connectivity index is 2.95. The van der Waals surface area contributed by atoms with Crippen LogP contribution in [0.3, 0.4) is 0 Å². The highest BCUT2D eigenvalue weighted by Gasteiger charge is 2.22. The van der Waals surface area contributed by atoms with Crippen LogP contribution in [-0.4, -0.2) is 44.0 Å². The van der Waals surface area contributed by atoms with Crippen LogP contribution in [0.2, 0.25) is 0 Å². The van der Waals surface area contributed by atoms with Crippen LogP contribution in [-0.2, 0) is 0 Å². The Labute approximate surface area is 122 Å². The maximum Gasteiger partial charge on any atom is 0.251 e. The Morgan fingerprint density at radius 2 is 1.65 bits per heavy atom. The number of likely N-dealkylation sites (N-methyl/N-ethyl adjacent to an activating group) is 1. The molecule has 0 radical (unpaired) electrons. The van der Waals surface area contributed by atoms with Crippen LogP contribution < -0.4 is 10.6 Å². The molecule has 1 rings (SSSR count). The molecule has 0 aliphatic rings. The van der Waals surface area contributed by atoms with Gasteiger partial charge in [0.05, 0.1) is 0 Å². The topological polar surface area (TPSA) is 44.4 Å². The number of benzene rings is 1. The second-order valence-corrected chi connectivity index (χ2v) is 5.72. The lowest BCUT2D eigenvalue weighted by atomic mass is 9.97. The number of carbonyl (C=O) groups is 1. The highest BCUT2D eigenvalue weighted by atomic mass is 16.1. The van der Waals surface area contributed by atoms with E-state index in [9.17, 15) is 4.79 Å². The Bertz CT molecular complexity index is 426. The first-order chi connectivity index (χ1) is 9.36. The van der Waals surface area contributed by atoms with Crippen molar-refractivity contribution in [1.82, 2.24) is 15.5 Å². The molecule has 0 aromatic heterocycles. The number of nitrogens with one attached hydrogen (secondary N) is 2. The highest BCUT2D eigenvalue weighted by Crippen LogP contribution is 2.23. The fourth-order valence-electron chi connectivity index (χ4n) is 2.63. The highest BCUT2D eigenvalue weighted by molar-refractivity contribution is 5.93. The van der Waals surface area contributed by atoms with Gasteiger partial charge in [-0.25, -0.2) is 0 Å². The summed E-state index contributed by atoms with van der Waals surface area (Å²) in [7, 11) is 5.80. The molecule has 1 amide bonds. The van der Waals surface area contributed by atoms with Crippen LogP contribution in [0.5, 0.6) is 0 Å². The van der Waals surface area contributed by atoms with Gasteiger partial charge < -0.3 is 15.5 Å². The molecule has 0 fully saturated rings. The van der Waals surface area contributed by atoms with E-state index in [1.54, 1.807) is 7.05 Å². The first-order valence-corrected chi connectivity index (χ1v) is 7.11. The number of carbonyl (C=O) groups excluding carboxylic acids is 1. The minimum absolute atomic E-state index is 0.0497. The van der Waals surface area contributed by atoms with Gasteiger partial charge in [0.1, 0.15) is 0 Å². The molecule has 0 unspecified atom stereocenters. The lowest BCUT2D eigenvalue weighted by Gasteiger charge is -2.32. The van der Waals surface area contributed by atoms with Crippen molar-refractivity contribution in [3.63, 3.8) is 0 Å². The van der Waals surface area contributed by atoms with E-state index < -0.39 is 0 Å². The zero-order chi connectivity index (χ0) is 15.3. The van der Waals surface area contributed by atoms with Crippen LogP contribution >= 0.6 is 0 Å². The maximum absolute atomic E-state index is 11.6. The summed E-state index contributed by atoms with van der Waals surface area (Å²) in [5.74, 6) is -0.0497. The number of hydrogen-bond acceptors (Lipinski definition) is 3. The van der Waals surface area contributed by atoms with E-state index in [0.717, 1.165) is 0 Å². The summed E-state index contributed by atoms with van der Waals surface area (Å²) < 4.78 is 0. The van der Waals surface area contributed by atoms with Crippen LogP contribution in [0.1, 0.15) is 42.7 Å². The molecular weight excluding hydrogens is 250 g/mol. The van der Waals surface area contributed by atoms with Gasteiger partial charge in [-0.15, -0.1) is 0 Å². The zero-order valence-corrected chi connectivity index (χ0v) is 13.4. The molecule has 4 heteroatoms. The smallest absolute Gasteiger partial charge is 0.251 e. The number of rotatable bonds is 6. The van der Waals surface area contributed by atoms with Gasteiger partial charge in [0.15, 0.2) is 0 Å². The number of amides is 1. The second-order valence-electron chi connectivity index (χ2n) is 5.72. The lowest BCUT2D eigenvalue weighted by molar-refractivity contribution is 0.0963. The monoisotopic (exact) mass is 277 g/mol. The lowest BCUT2D eigenvalue weighted by Crippen LogP contribution is -2.42. The normalized spacial score (nSPS) is 14.4. The summed E-state index contributed by atoms with van der Waals surface area (Å²) in [5, 5.41) is 6.19. The Morgan fingerprint density at radius 1 is 1.10 bits per heavy atom. The molecule has 4 nitrogen and oxygen atoms in total. The van der Waals surface area contributed by atoms with Crippen molar-refractivity contribution in [3.8, 4) is 0 Å². The van der Waals surface area contributed by atoms with Gasteiger partial charge in [-0.2, -0.15) is 0 Å². The Morgan fingerprint density at radius 3 is 2.05 bits per heavy atom. The van der Waals surface area contributed by atoms with Gasteiger partial charge in [-0.05, 0) is 38.7 Å². The molecule has 20 heavy (non-hydrogen) atoms. The van der Waals surface area contributed by atoms with E-state index in [-0.39, 0.29) is 11.9 Å². The molecule has 1 aromatic rings. The van der Waals surface area contributed by atoms with Crippen molar-refractivity contribution in [2.45, 2.75) is 38.9 Å². The van der Waals surface area contributed by atoms with Crippen LogP contribution in [0.4, 0.5) is 0 Å². The number of nitrogens with zero attached hydrogens (tertiary/aromatic N) is 1. The molecule has 1 aromatic carbocycles. The third-order valence-corrected chi connectivity index (χ3v) is 3.37. The first-order valence-electron chi connectivity index (χ1n) is 7.11. The largest absolute Gasteiger partial charge is 0.355 e. The average molecular weight is 277 g/mol. The van der Waals surface area contributed by atoms with E-state index in [0.29, 0.717) is 17.6 Å². The van der Waals surface area contributed by atoms with Gasteiger partial charge in [-0.3, -0.25) is 4.79 Å². The molecule has 0 saturated carbocycles. The van der Waals surface area contributed by atoms with Gasteiger partial charge in [0, 0.05) is 30.7 Å². The van der Waals surface area contributed by atoms with Crippen LogP contribution in [0.25, 0.3) is 0 Å². The standard InChI is InChI=1S/C16H27N3O/c1-11(2)18-12(3)15(19(5)6)13-7-9-14(10-8-13)16(20)17-4/h7-12,15,18H,1-6H3,(H,17,20)/t12-,15+/m0/s1. The first kappa shape index (κ1) is 16.7. The molecular formula is C16H27N3O. The van der Waals surface area contributed by atoms with Crippen molar-refractivity contribution in [2.75, 3.05) is 21.1 Å². The van der Waals surface area contributed by atoms with Crippen molar-refractivity contribution >= 4 is 5.91 Å². The predicted molar refractivity (Wildman–Crippen MR) is 84.0 cm³/mol. The molecule has 0 spiro atoms. The molecule has 112 valence electrons. The fraction of sp³-hybridized carbons (Fsp3) is 0.562. The molecule has 0 aliphatic carbocycles. The van der Waals surface area contributed by atoms with E-state index in [2.05, 4.69) is 50.4 Å². The molecule has 0 aliphatic heterocycles. The van der Waals surface area contributed by atoms with Crippen LogP contribution in [0, 0.1) is 0 Å². The Hall–Kier alpha value is -1.39. The Kier molecular flexibility index (Phi) is 6.17. The van der Waals surface area contributed by atoms with Crippen molar-refractivity contribution in [3.05, 3.63) is 35.4 Å². The van der Waals surface area contributed by atoms with E-state index in [4.69, 9.17) is 0 Å². The molecule has 0 heterocycles. The fourth-order valence-corrected chi connectivity index (χ4v) is 2.63. The molecule has 0 saturated heterocycles. The zero-order valence-electron chi connectivity index (χ0n) is 13.4. The third kappa shape index (κ3) is 4.32. The van der Waals surface area contributed by atoms with Crippen molar-refractivity contribution in [1.29, 1.82) is 0 Å². The van der Waals surface area contributed by atoms with E-state index in [1.165, 1.54) is 5.56 Å². The summed E-state index contributed by atoms with van der Waals surface area (Å²) >= 11 is 0. The summed E-state index contributed by atoms with van der Waals surface area (Å²) in [6, 6.07) is 8.88. The van der Waals surface area contributed by atoms with Gasteiger partial charge >= 0.3 is 0 Å². The van der Waals surface area contributed by atoms with Crippen LogP contribution in [0.15, 0.2) is 24.3 Å². The number of hydrogen-bond donors (Lipinski definition) is 2. The quantitative estimate of drug-likeness (QED) is 0.836. The third-order valence-electron chi connectivity index (χ3n) is 3.37. The maximum atomic E-state index is 11.6. The van der Waals surface area contributed by atoms with Crippen molar-refractivity contribution < 1.29 is 4.79 Å². The van der Waals surface area contributed by atoms with E-state index in [1.807, 2.05) is 24.3 Å². The van der Waals surface area contributed by atoms with Gasteiger partial charge in [0.2, 0.25) is 0 Å². The molecule has 2 N–H and O–H groups in total. The summed E-state index contributed by atoms with van der Waals surface area (Å²) in [6.45, 7) is 6.49. The summed E-state index contributed by atoms with van der Waals surface area (Å²) in [6.07, 6.45) is 0. The average Bonchev–Trinajstić information content (AvgIpc) is 2.37. The minimum atomic E-state index is -0.0497. The van der Waals surface area contributed by atoms with Gasteiger partial charge in [-0.1, -0.05) is 26.0 Å². The molecule has 2 atom stereocenters. The molecule has 0 bridgehead atoms. The minimum Gasteiger partial charge on any atom is -0.355 e. The van der Waals surface area contributed by atoms with Crippen molar-refractivity contribution in [2.24, 2.45) is 0 Å². The second kappa shape index (κ2) is 7.41. The summed E-state index contributed by atoms with van der Waals surface area (Å²) in [4.78, 5) is 13.8. The van der Waals surface area contributed by atoms with Gasteiger partial charge in [0.25, 0.3) is 5.91 Å². The predicted octanol–water partition coefficient (Wildman–Crippen LogP) is 2.04. The summed E-state index contributed by atoms with van der Waals surface area (Å²) in [5.41, 5.74) is 1.90. The van der Waals surface area contributed by atoms with E-state index >= 15 is 0 Å². The SMILES string of the molecule is CNC(=O)c1ccc([C@@H]([C@H](C)NC(C)C)N(C)C)cc1.